The van der Waals surface area contributed by atoms with E-state index in [2.05, 4.69) is 11.1 Å². The second-order valence-electron chi connectivity index (χ2n) is 2.21. The molecule has 0 aromatic carbocycles. The van der Waals surface area contributed by atoms with E-state index in [1.165, 1.54) is 0 Å². The second-order valence-corrected chi connectivity index (χ2v) is 2.93. The first-order valence-electron chi connectivity index (χ1n) is 3.09. The lowest BCUT2D eigenvalue weighted by Gasteiger charge is -1.95. The molecule has 0 aliphatic rings. The average Bonchev–Trinajstić information content (AvgIpc) is 2.40. The summed E-state index contributed by atoms with van der Waals surface area (Å²) in [5, 5.41) is 10.4. The average molecular weight is 152 g/mol. The molecule has 0 bridgehead atoms. The number of aromatic nitrogens is 1. The first-order valence-corrected chi connectivity index (χ1v) is 4.04. The van der Waals surface area contributed by atoms with E-state index in [0.29, 0.717) is 0 Å². The molecule has 0 aliphatic heterocycles. The van der Waals surface area contributed by atoms with Crippen LogP contribution in [-0.2, 0) is 6.42 Å². The van der Waals surface area contributed by atoms with Crippen LogP contribution in [0, 0.1) is 17.2 Å². The van der Waals surface area contributed by atoms with Crippen LogP contribution in [0.25, 0.3) is 0 Å². The summed E-state index contributed by atoms with van der Waals surface area (Å²) in [7, 11) is 0. The number of rotatable bonds is 2. The van der Waals surface area contributed by atoms with Gasteiger partial charge in [0.05, 0.1) is 17.3 Å². The largest absolute Gasteiger partial charge is 0.250 e. The molecular weight excluding hydrogens is 144 g/mol. The molecular formula is C7H8N2S. The van der Waals surface area contributed by atoms with Gasteiger partial charge >= 0.3 is 0 Å². The zero-order valence-electron chi connectivity index (χ0n) is 5.74. The molecule has 1 atom stereocenters. The van der Waals surface area contributed by atoms with E-state index < -0.39 is 0 Å². The molecule has 3 heteroatoms. The summed E-state index contributed by atoms with van der Waals surface area (Å²) >= 11 is 1.57. The van der Waals surface area contributed by atoms with E-state index in [0.717, 1.165) is 12.1 Å². The third-order valence-electron chi connectivity index (χ3n) is 1.22. The van der Waals surface area contributed by atoms with Crippen molar-refractivity contribution in [2.24, 2.45) is 5.92 Å². The Hall–Kier alpha value is -0.880. The van der Waals surface area contributed by atoms with E-state index in [-0.39, 0.29) is 5.92 Å². The van der Waals surface area contributed by atoms with Gasteiger partial charge in [0.25, 0.3) is 0 Å². The highest BCUT2D eigenvalue weighted by molar-refractivity contribution is 7.07. The maximum Gasteiger partial charge on any atom is 0.0794 e. The van der Waals surface area contributed by atoms with Crippen LogP contribution in [-0.4, -0.2) is 4.98 Å². The SMILES string of the molecule is CC(C#N)Cc1cscn1. The minimum atomic E-state index is 0.0853. The molecule has 0 spiro atoms. The maximum atomic E-state index is 8.46. The number of nitriles is 1. The molecule has 10 heavy (non-hydrogen) atoms. The first kappa shape index (κ1) is 7.23. The minimum Gasteiger partial charge on any atom is -0.250 e. The summed E-state index contributed by atoms with van der Waals surface area (Å²) in [6, 6.07) is 2.17. The van der Waals surface area contributed by atoms with Gasteiger partial charge in [-0.05, 0) is 6.92 Å². The summed E-state index contributed by atoms with van der Waals surface area (Å²) in [6.45, 7) is 1.90. The number of hydrogen-bond donors (Lipinski definition) is 0. The van der Waals surface area contributed by atoms with Crippen LogP contribution >= 0.6 is 11.3 Å². The monoisotopic (exact) mass is 152 g/mol. The number of thiazole rings is 1. The molecule has 0 aliphatic carbocycles. The molecule has 2 nitrogen and oxygen atoms in total. The molecule has 52 valence electrons. The minimum absolute atomic E-state index is 0.0853. The Morgan fingerprint density at radius 3 is 3.20 bits per heavy atom. The molecule has 1 aromatic rings. The molecule has 0 N–H and O–H groups in total. The fourth-order valence-electron chi connectivity index (χ4n) is 0.698. The van der Waals surface area contributed by atoms with Gasteiger partial charge in [0, 0.05) is 17.7 Å². The lowest BCUT2D eigenvalue weighted by Crippen LogP contribution is -1.95. The van der Waals surface area contributed by atoms with Crippen molar-refractivity contribution in [2.75, 3.05) is 0 Å². The summed E-state index contributed by atoms with van der Waals surface area (Å²) in [5.41, 5.74) is 2.82. The zero-order chi connectivity index (χ0) is 7.40. The molecule has 0 fully saturated rings. The van der Waals surface area contributed by atoms with E-state index in [1.54, 1.807) is 16.8 Å². The third kappa shape index (κ3) is 1.82. The Balaban J connectivity index is 2.50. The third-order valence-corrected chi connectivity index (χ3v) is 1.85. The second kappa shape index (κ2) is 3.33. The van der Waals surface area contributed by atoms with Gasteiger partial charge in [0.15, 0.2) is 0 Å². The Morgan fingerprint density at radius 1 is 1.90 bits per heavy atom. The fraction of sp³-hybridized carbons (Fsp3) is 0.429. The molecule has 1 heterocycles. The lowest BCUT2D eigenvalue weighted by molar-refractivity contribution is 0.725. The van der Waals surface area contributed by atoms with Crippen LogP contribution in [0.5, 0.6) is 0 Å². The van der Waals surface area contributed by atoms with Crippen molar-refractivity contribution in [3.63, 3.8) is 0 Å². The topological polar surface area (TPSA) is 36.7 Å². The normalized spacial score (nSPS) is 12.4. The highest BCUT2D eigenvalue weighted by Crippen LogP contribution is 2.07. The van der Waals surface area contributed by atoms with Crippen molar-refractivity contribution in [1.82, 2.24) is 4.98 Å². The zero-order valence-corrected chi connectivity index (χ0v) is 6.56. The maximum absolute atomic E-state index is 8.46. The number of nitrogens with zero attached hydrogens (tertiary/aromatic N) is 2. The van der Waals surface area contributed by atoms with E-state index >= 15 is 0 Å². The highest BCUT2D eigenvalue weighted by Gasteiger charge is 2.01. The summed E-state index contributed by atoms with van der Waals surface area (Å²) < 4.78 is 0. The summed E-state index contributed by atoms with van der Waals surface area (Å²) in [5.74, 6) is 0.0853. The summed E-state index contributed by atoms with van der Waals surface area (Å²) in [6.07, 6.45) is 0.778. The smallest absolute Gasteiger partial charge is 0.0794 e. The van der Waals surface area contributed by atoms with Crippen LogP contribution in [0.4, 0.5) is 0 Å². The van der Waals surface area contributed by atoms with Crippen molar-refractivity contribution in [2.45, 2.75) is 13.3 Å². The predicted molar refractivity (Wildman–Crippen MR) is 40.6 cm³/mol. The first-order chi connectivity index (χ1) is 4.83. The van der Waals surface area contributed by atoms with Crippen molar-refractivity contribution in [3.8, 4) is 6.07 Å². The van der Waals surface area contributed by atoms with Crippen molar-refractivity contribution < 1.29 is 0 Å². The van der Waals surface area contributed by atoms with Gasteiger partial charge in [-0.25, -0.2) is 4.98 Å². The molecule has 0 saturated heterocycles. The lowest BCUT2D eigenvalue weighted by atomic mass is 10.1. The summed E-state index contributed by atoms with van der Waals surface area (Å²) in [4.78, 5) is 4.07. The van der Waals surface area contributed by atoms with Crippen LogP contribution in [0.15, 0.2) is 10.9 Å². The van der Waals surface area contributed by atoms with Gasteiger partial charge in [0.2, 0.25) is 0 Å². The van der Waals surface area contributed by atoms with E-state index in [9.17, 15) is 0 Å². The Kier molecular flexibility index (Phi) is 2.41. The predicted octanol–water partition coefficient (Wildman–Crippen LogP) is 1.85. The van der Waals surface area contributed by atoms with Gasteiger partial charge in [-0.15, -0.1) is 11.3 Å². The quantitative estimate of drug-likeness (QED) is 0.648. The van der Waals surface area contributed by atoms with Gasteiger partial charge in [0.1, 0.15) is 0 Å². The van der Waals surface area contributed by atoms with Crippen LogP contribution in [0.2, 0.25) is 0 Å². The van der Waals surface area contributed by atoms with Gasteiger partial charge < -0.3 is 0 Å². The highest BCUT2D eigenvalue weighted by atomic mass is 32.1. The van der Waals surface area contributed by atoms with Crippen LogP contribution in [0.1, 0.15) is 12.6 Å². The Labute approximate surface area is 64.1 Å². The van der Waals surface area contributed by atoms with Crippen LogP contribution < -0.4 is 0 Å². The molecule has 0 radical (unpaired) electrons. The van der Waals surface area contributed by atoms with Crippen molar-refractivity contribution in [1.29, 1.82) is 5.26 Å². The fourth-order valence-corrected chi connectivity index (χ4v) is 1.27. The number of hydrogen-bond acceptors (Lipinski definition) is 3. The van der Waals surface area contributed by atoms with Crippen LogP contribution in [0.3, 0.4) is 0 Å². The molecule has 1 unspecified atom stereocenters. The van der Waals surface area contributed by atoms with Crippen molar-refractivity contribution >= 4 is 11.3 Å². The van der Waals surface area contributed by atoms with E-state index in [4.69, 9.17) is 5.26 Å². The van der Waals surface area contributed by atoms with E-state index in [1.807, 2.05) is 12.3 Å². The molecule has 1 aromatic heterocycles. The molecule has 0 amide bonds. The van der Waals surface area contributed by atoms with Gasteiger partial charge in [-0.2, -0.15) is 5.26 Å². The Morgan fingerprint density at radius 2 is 2.70 bits per heavy atom. The standard InChI is InChI=1S/C7H8N2S/c1-6(3-8)2-7-4-10-5-9-7/h4-6H,2H2,1H3. The Bertz CT molecular complexity index is 222. The van der Waals surface area contributed by atoms with Gasteiger partial charge in [-0.3, -0.25) is 0 Å². The van der Waals surface area contributed by atoms with Gasteiger partial charge in [-0.1, -0.05) is 0 Å². The van der Waals surface area contributed by atoms with Crippen molar-refractivity contribution in [3.05, 3.63) is 16.6 Å². The molecule has 1 rings (SSSR count). The molecule has 0 saturated carbocycles.